The Morgan fingerprint density at radius 3 is 2.55 bits per heavy atom. The van der Waals surface area contributed by atoms with Gasteiger partial charge in [-0.05, 0) is 36.8 Å². The second-order valence-electron chi connectivity index (χ2n) is 4.16. The fourth-order valence-electron chi connectivity index (χ4n) is 1.64. The number of carbonyl (C=O) groups is 1. The lowest BCUT2D eigenvalue weighted by molar-refractivity contribution is 0.0915. The van der Waals surface area contributed by atoms with Gasteiger partial charge in [-0.15, -0.1) is 0 Å². The maximum atomic E-state index is 11.6. The highest BCUT2D eigenvalue weighted by molar-refractivity contribution is 7.80. The van der Waals surface area contributed by atoms with E-state index in [0.29, 0.717) is 5.11 Å². The summed E-state index contributed by atoms with van der Waals surface area (Å²) >= 11 is 5.11. The first kappa shape index (κ1) is 14.1. The van der Waals surface area contributed by atoms with Gasteiger partial charge in [-0.2, -0.15) is 0 Å². The number of furan rings is 1. The molecular formula is C14H15N3O2S. The van der Waals surface area contributed by atoms with Crippen molar-refractivity contribution in [3.8, 4) is 0 Å². The van der Waals surface area contributed by atoms with Crippen molar-refractivity contribution >= 4 is 23.2 Å². The standard InChI is InChI=1S/C14H15N3O2S/c1-10(11-6-3-2-4-7-11)15-14(20)17-16-13(18)12-8-5-9-19-12/h2-10H,1H3,(H,16,18)(H2,15,17,20)/t10-/m0/s1. The molecule has 0 saturated carbocycles. The highest BCUT2D eigenvalue weighted by Gasteiger charge is 2.09. The van der Waals surface area contributed by atoms with Crippen LogP contribution < -0.4 is 16.2 Å². The van der Waals surface area contributed by atoms with Gasteiger partial charge in [0.25, 0.3) is 0 Å². The molecule has 0 fully saturated rings. The van der Waals surface area contributed by atoms with Gasteiger partial charge in [0.05, 0.1) is 12.3 Å². The van der Waals surface area contributed by atoms with Crippen LogP contribution in [0.4, 0.5) is 0 Å². The summed E-state index contributed by atoms with van der Waals surface area (Å²) in [6.07, 6.45) is 1.43. The predicted molar refractivity (Wildman–Crippen MR) is 79.9 cm³/mol. The van der Waals surface area contributed by atoms with E-state index >= 15 is 0 Å². The van der Waals surface area contributed by atoms with E-state index in [4.69, 9.17) is 16.6 Å². The maximum Gasteiger partial charge on any atom is 0.305 e. The van der Waals surface area contributed by atoms with Crippen LogP contribution in [0.1, 0.15) is 29.1 Å². The summed E-state index contributed by atoms with van der Waals surface area (Å²) < 4.78 is 4.96. The lowest BCUT2D eigenvalue weighted by Crippen LogP contribution is -2.47. The first-order chi connectivity index (χ1) is 9.66. The number of amides is 1. The van der Waals surface area contributed by atoms with Gasteiger partial charge < -0.3 is 9.73 Å². The lowest BCUT2D eigenvalue weighted by Gasteiger charge is -2.17. The first-order valence-electron chi connectivity index (χ1n) is 6.12. The van der Waals surface area contributed by atoms with Crippen molar-refractivity contribution in [2.75, 3.05) is 0 Å². The molecule has 0 spiro atoms. The predicted octanol–water partition coefficient (Wildman–Crippen LogP) is 2.15. The zero-order valence-electron chi connectivity index (χ0n) is 10.9. The van der Waals surface area contributed by atoms with E-state index in [-0.39, 0.29) is 17.7 Å². The fourth-order valence-corrected chi connectivity index (χ4v) is 1.87. The molecule has 1 aromatic carbocycles. The molecule has 6 heteroatoms. The number of hydrogen-bond donors (Lipinski definition) is 3. The molecule has 1 atom stereocenters. The Morgan fingerprint density at radius 1 is 1.15 bits per heavy atom. The highest BCUT2D eigenvalue weighted by Crippen LogP contribution is 2.10. The summed E-state index contributed by atoms with van der Waals surface area (Å²) in [5, 5.41) is 3.41. The third kappa shape index (κ3) is 3.83. The van der Waals surface area contributed by atoms with E-state index in [2.05, 4.69) is 16.2 Å². The molecule has 3 N–H and O–H groups in total. The molecule has 0 unspecified atom stereocenters. The molecule has 2 rings (SSSR count). The number of hydrogen-bond acceptors (Lipinski definition) is 3. The van der Waals surface area contributed by atoms with Crippen LogP contribution in [0, 0.1) is 0 Å². The van der Waals surface area contributed by atoms with Crippen LogP contribution in [0.15, 0.2) is 53.1 Å². The lowest BCUT2D eigenvalue weighted by atomic mass is 10.1. The van der Waals surface area contributed by atoms with E-state index in [9.17, 15) is 4.79 Å². The first-order valence-corrected chi connectivity index (χ1v) is 6.53. The molecule has 1 aromatic heterocycles. The summed E-state index contributed by atoms with van der Waals surface area (Å²) in [6, 6.07) is 13.1. The van der Waals surface area contributed by atoms with E-state index in [1.165, 1.54) is 6.26 Å². The second-order valence-corrected chi connectivity index (χ2v) is 4.57. The second kappa shape index (κ2) is 6.72. The Kier molecular flexibility index (Phi) is 4.73. The molecule has 0 aliphatic heterocycles. The van der Waals surface area contributed by atoms with Crippen molar-refractivity contribution in [3.63, 3.8) is 0 Å². The minimum absolute atomic E-state index is 0.0386. The molecule has 0 radical (unpaired) electrons. The minimum Gasteiger partial charge on any atom is -0.459 e. The molecule has 1 heterocycles. The Labute approximate surface area is 122 Å². The Bertz CT molecular complexity index is 569. The van der Waals surface area contributed by atoms with E-state index in [1.54, 1.807) is 12.1 Å². The quantitative estimate of drug-likeness (QED) is 0.597. The topological polar surface area (TPSA) is 66.3 Å². The van der Waals surface area contributed by atoms with Gasteiger partial charge in [0.2, 0.25) is 0 Å². The summed E-state index contributed by atoms with van der Waals surface area (Å²) in [5.74, 6) is -0.164. The van der Waals surface area contributed by atoms with Gasteiger partial charge in [-0.1, -0.05) is 30.3 Å². The molecule has 104 valence electrons. The number of carbonyl (C=O) groups excluding carboxylic acids is 1. The molecule has 20 heavy (non-hydrogen) atoms. The molecule has 0 aliphatic carbocycles. The largest absolute Gasteiger partial charge is 0.459 e. The van der Waals surface area contributed by atoms with Crippen LogP contribution in [0.3, 0.4) is 0 Å². The Hall–Kier alpha value is -2.34. The zero-order chi connectivity index (χ0) is 14.4. The third-order valence-electron chi connectivity index (χ3n) is 2.68. The minimum atomic E-state index is -0.383. The third-order valence-corrected chi connectivity index (χ3v) is 2.90. The summed E-state index contributed by atoms with van der Waals surface area (Å²) in [5.41, 5.74) is 6.19. The van der Waals surface area contributed by atoms with Crippen LogP contribution in [0.2, 0.25) is 0 Å². The van der Waals surface area contributed by atoms with Gasteiger partial charge >= 0.3 is 5.91 Å². The van der Waals surface area contributed by atoms with Crippen molar-refractivity contribution in [3.05, 3.63) is 60.1 Å². The van der Waals surface area contributed by atoms with Crippen molar-refractivity contribution in [2.24, 2.45) is 0 Å². The van der Waals surface area contributed by atoms with Crippen LogP contribution in [0.25, 0.3) is 0 Å². The monoisotopic (exact) mass is 289 g/mol. The average molecular weight is 289 g/mol. The summed E-state index contributed by atoms with van der Waals surface area (Å²) in [4.78, 5) is 11.6. The smallest absolute Gasteiger partial charge is 0.305 e. The molecule has 0 saturated heterocycles. The van der Waals surface area contributed by atoms with Crippen LogP contribution in [-0.4, -0.2) is 11.0 Å². The number of nitrogens with one attached hydrogen (secondary N) is 3. The molecule has 0 bridgehead atoms. The summed E-state index contributed by atoms with van der Waals surface area (Å²) in [6.45, 7) is 1.98. The highest BCUT2D eigenvalue weighted by atomic mass is 32.1. The maximum absolute atomic E-state index is 11.6. The number of thiocarbonyl (C=S) groups is 1. The average Bonchev–Trinajstić information content (AvgIpc) is 3.00. The molecule has 5 nitrogen and oxygen atoms in total. The SMILES string of the molecule is C[C@H](NC(=S)NNC(=O)c1ccco1)c1ccccc1. The summed E-state index contributed by atoms with van der Waals surface area (Å²) in [7, 11) is 0. The molecule has 1 amide bonds. The molecular weight excluding hydrogens is 274 g/mol. The normalized spacial score (nSPS) is 11.4. The van der Waals surface area contributed by atoms with Crippen LogP contribution >= 0.6 is 12.2 Å². The number of hydrazine groups is 1. The zero-order valence-corrected chi connectivity index (χ0v) is 11.7. The fraction of sp³-hybridized carbons (Fsp3) is 0.143. The van der Waals surface area contributed by atoms with E-state index in [1.807, 2.05) is 37.3 Å². The Balaban J connectivity index is 1.80. The van der Waals surface area contributed by atoms with E-state index < -0.39 is 0 Å². The van der Waals surface area contributed by atoms with Gasteiger partial charge in [0, 0.05) is 0 Å². The van der Waals surface area contributed by atoms with Crippen molar-refractivity contribution < 1.29 is 9.21 Å². The van der Waals surface area contributed by atoms with Crippen molar-refractivity contribution in [2.45, 2.75) is 13.0 Å². The molecule has 2 aromatic rings. The molecule has 0 aliphatic rings. The van der Waals surface area contributed by atoms with Crippen molar-refractivity contribution in [1.82, 2.24) is 16.2 Å². The van der Waals surface area contributed by atoms with Gasteiger partial charge in [0.15, 0.2) is 10.9 Å². The number of benzene rings is 1. The van der Waals surface area contributed by atoms with Crippen LogP contribution in [0.5, 0.6) is 0 Å². The van der Waals surface area contributed by atoms with Crippen LogP contribution in [-0.2, 0) is 0 Å². The van der Waals surface area contributed by atoms with Gasteiger partial charge in [-0.25, -0.2) is 0 Å². The van der Waals surface area contributed by atoms with E-state index in [0.717, 1.165) is 5.56 Å². The number of rotatable bonds is 3. The van der Waals surface area contributed by atoms with Crippen molar-refractivity contribution in [1.29, 1.82) is 0 Å². The van der Waals surface area contributed by atoms with Gasteiger partial charge in [-0.3, -0.25) is 15.6 Å². The Morgan fingerprint density at radius 2 is 1.90 bits per heavy atom. The van der Waals surface area contributed by atoms with Gasteiger partial charge in [0.1, 0.15) is 0 Å².